The summed E-state index contributed by atoms with van der Waals surface area (Å²) >= 11 is 0. The summed E-state index contributed by atoms with van der Waals surface area (Å²) in [6, 6.07) is 10.0. The van der Waals surface area contributed by atoms with E-state index in [1.807, 2.05) is 30.3 Å². The van der Waals surface area contributed by atoms with Gasteiger partial charge in [-0.15, -0.1) is 0 Å². The number of nitrogens with zero attached hydrogens (tertiary/aromatic N) is 1. The van der Waals surface area contributed by atoms with Crippen molar-refractivity contribution in [2.24, 2.45) is 0 Å². The van der Waals surface area contributed by atoms with Crippen molar-refractivity contribution in [2.75, 3.05) is 31.2 Å². The first-order valence-electron chi connectivity index (χ1n) is 14.3. The third kappa shape index (κ3) is 18.0. The molecule has 1 aromatic carbocycles. The summed E-state index contributed by atoms with van der Waals surface area (Å²) in [5.41, 5.74) is 1.04. The van der Waals surface area contributed by atoms with E-state index >= 15 is 0 Å². The Morgan fingerprint density at radius 1 is 0.600 bits per heavy atom. The number of carbonyl (C=O) groups is 2. The molecule has 0 aliphatic carbocycles. The normalized spacial score (nSPS) is 10.8. The van der Waals surface area contributed by atoms with Crippen molar-refractivity contribution in [3.8, 4) is 0 Å². The third-order valence-electron chi connectivity index (χ3n) is 6.34. The minimum absolute atomic E-state index is 0.118. The maximum Gasteiger partial charge on any atom is 0.305 e. The average molecular weight is 490 g/mol. The van der Waals surface area contributed by atoms with Gasteiger partial charge in [0.25, 0.3) is 0 Å². The second-order valence-corrected chi connectivity index (χ2v) is 9.51. The first-order valence-corrected chi connectivity index (χ1v) is 14.3. The van der Waals surface area contributed by atoms with Gasteiger partial charge in [0.05, 0.1) is 13.1 Å². The van der Waals surface area contributed by atoms with Gasteiger partial charge in [-0.05, 0) is 25.0 Å². The van der Waals surface area contributed by atoms with E-state index in [1.165, 1.54) is 64.2 Å². The molecule has 0 unspecified atom stereocenters. The van der Waals surface area contributed by atoms with E-state index in [-0.39, 0.29) is 11.9 Å². The van der Waals surface area contributed by atoms with Gasteiger partial charge in [0.2, 0.25) is 0 Å². The van der Waals surface area contributed by atoms with Gasteiger partial charge in [-0.25, -0.2) is 0 Å². The van der Waals surface area contributed by atoms with Gasteiger partial charge in [-0.2, -0.15) is 0 Å². The molecule has 0 radical (unpaired) electrons. The summed E-state index contributed by atoms with van der Waals surface area (Å²) in [6.07, 6.45) is 17.6. The Morgan fingerprint density at radius 2 is 1.00 bits per heavy atom. The van der Waals surface area contributed by atoms with Crippen LogP contribution in [-0.4, -0.2) is 38.2 Å². The second-order valence-electron chi connectivity index (χ2n) is 9.51. The lowest BCUT2D eigenvalue weighted by Gasteiger charge is -2.24. The van der Waals surface area contributed by atoms with Gasteiger partial charge in [-0.1, -0.05) is 109 Å². The van der Waals surface area contributed by atoms with Crippen LogP contribution in [0.3, 0.4) is 0 Å². The summed E-state index contributed by atoms with van der Waals surface area (Å²) in [7, 11) is 0. The van der Waals surface area contributed by atoms with Crippen LogP contribution in [0, 0.1) is 0 Å². The lowest BCUT2D eigenvalue weighted by molar-refractivity contribution is -0.143. The van der Waals surface area contributed by atoms with Crippen LogP contribution in [0.4, 0.5) is 5.69 Å². The summed E-state index contributed by atoms with van der Waals surface area (Å²) in [6.45, 7) is 6.30. The van der Waals surface area contributed by atoms with Crippen LogP contribution in [-0.2, 0) is 19.1 Å². The van der Waals surface area contributed by atoms with Gasteiger partial charge in [0.1, 0.15) is 13.2 Å². The Kier molecular flexibility index (Phi) is 19.9. The van der Waals surface area contributed by atoms with Crippen molar-refractivity contribution >= 4 is 17.6 Å². The first kappa shape index (κ1) is 31.0. The molecule has 0 aliphatic heterocycles. The van der Waals surface area contributed by atoms with Crippen molar-refractivity contribution in [3.05, 3.63) is 30.3 Å². The molecule has 5 nitrogen and oxygen atoms in total. The highest BCUT2D eigenvalue weighted by molar-refractivity contribution is 5.69. The van der Waals surface area contributed by atoms with E-state index in [9.17, 15) is 9.59 Å². The Bertz CT molecular complexity index is 599. The number of benzene rings is 1. The molecule has 0 amide bonds. The summed E-state index contributed by atoms with van der Waals surface area (Å²) in [5, 5.41) is 0. The van der Waals surface area contributed by atoms with E-state index in [2.05, 4.69) is 18.7 Å². The highest BCUT2D eigenvalue weighted by Crippen LogP contribution is 2.14. The van der Waals surface area contributed by atoms with Crippen molar-refractivity contribution in [2.45, 2.75) is 117 Å². The molecular formula is C30H51NO4. The molecule has 0 heterocycles. The Labute approximate surface area is 214 Å². The van der Waals surface area contributed by atoms with Crippen LogP contribution in [0.5, 0.6) is 0 Å². The van der Waals surface area contributed by atoms with Gasteiger partial charge < -0.3 is 14.4 Å². The maximum absolute atomic E-state index is 12.1. The van der Waals surface area contributed by atoms with Crippen LogP contribution in [0.1, 0.15) is 117 Å². The van der Waals surface area contributed by atoms with Crippen molar-refractivity contribution in [1.82, 2.24) is 0 Å². The molecule has 1 aromatic rings. The molecule has 0 aromatic heterocycles. The van der Waals surface area contributed by atoms with Crippen LogP contribution in [0.25, 0.3) is 0 Å². The van der Waals surface area contributed by atoms with E-state index in [0.717, 1.165) is 31.4 Å². The van der Waals surface area contributed by atoms with Crippen LogP contribution >= 0.6 is 0 Å². The molecule has 0 fully saturated rings. The van der Waals surface area contributed by atoms with Gasteiger partial charge in [-0.3, -0.25) is 9.59 Å². The zero-order valence-corrected chi connectivity index (χ0v) is 22.6. The van der Waals surface area contributed by atoms with Crippen molar-refractivity contribution in [1.29, 1.82) is 0 Å². The number of ether oxygens (including phenoxy) is 2. The fourth-order valence-corrected chi connectivity index (χ4v) is 4.15. The molecule has 0 atom stereocenters. The third-order valence-corrected chi connectivity index (χ3v) is 6.34. The highest BCUT2D eigenvalue weighted by atomic mass is 16.5. The average Bonchev–Trinajstić information content (AvgIpc) is 2.87. The zero-order valence-electron chi connectivity index (χ0n) is 22.6. The zero-order chi connectivity index (χ0) is 25.4. The highest BCUT2D eigenvalue weighted by Gasteiger charge is 2.10. The number of rotatable bonds is 23. The molecule has 0 spiro atoms. The fourth-order valence-electron chi connectivity index (χ4n) is 4.15. The molecule has 1 rings (SSSR count). The predicted octanol–water partition coefficient (Wildman–Crippen LogP) is 7.86. The molecule has 35 heavy (non-hydrogen) atoms. The van der Waals surface area contributed by atoms with Gasteiger partial charge in [0.15, 0.2) is 0 Å². The molecule has 0 N–H and O–H groups in total. The first-order chi connectivity index (χ1) is 17.2. The van der Waals surface area contributed by atoms with E-state index < -0.39 is 0 Å². The number of unbranched alkanes of at least 4 members (excludes halogenated alkanes) is 12. The van der Waals surface area contributed by atoms with Crippen LogP contribution in [0.15, 0.2) is 30.3 Å². The van der Waals surface area contributed by atoms with Crippen molar-refractivity contribution in [3.63, 3.8) is 0 Å². The molecule has 0 aliphatic rings. The quantitative estimate of drug-likeness (QED) is 0.116. The summed E-state index contributed by atoms with van der Waals surface area (Å²) in [4.78, 5) is 26.3. The lowest BCUT2D eigenvalue weighted by atomic mass is 10.1. The largest absolute Gasteiger partial charge is 0.464 e. The Balaban J connectivity index is 2.23. The number of esters is 2. The molecular weight excluding hydrogens is 438 g/mol. The summed E-state index contributed by atoms with van der Waals surface area (Å²) in [5.74, 6) is -0.236. The number of hydrogen-bond acceptors (Lipinski definition) is 5. The minimum Gasteiger partial charge on any atom is -0.464 e. The predicted molar refractivity (Wildman–Crippen MR) is 146 cm³/mol. The molecule has 0 bridgehead atoms. The molecule has 0 saturated carbocycles. The molecule has 200 valence electrons. The summed E-state index contributed by atoms with van der Waals surface area (Å²) < 4.78 is 11.0. The number of carbonyl (C=O) groups excluding carboxylic acids is 2. The number of para-hydroxylation sites is 1. The van der Waals surface area contributed by atoms with E-state index in [0.29, 0.717) is 39.1 Å². The van der Waals surface area contributed by atoms with Crippen LogP contribution in [0.2, 0.25) is 0 Å². The minimum atomic E-state index is -0.118. The topological polar surface area (TPSA) is 55.8 Å². The second kappa shape index (κ2) is 22.4. The fraction of sp³-hybridized carbons (Fsp3) is 0.733. The van der Waals surface area contributed by atoms with Crippen LogP contribution < -0.4 is 4.90 Å². The van der Waals surface area contributed by atoms with E-state index in [1.54, 1.807) is 0 Å². The number of hydrogen-bond donors (Lipinski definition) is 0. The number of anilines is 1. The monoisotopic (exact) mass is 489 g/mol. The smallest absolute Gasteiger partial charge is 0.305 e. The molecule has 0 saturated heterocycles. The SMILES string of the molecule is CCCCCCCCCC(=O)OCCN(CCOC(=O)CCCCCCCCC)c1ccccc1. The lowest BCUT2D eigenvalue weighted by Crippen LogP contribution is -2.32. The molecule has 5 heteroatoms. The Morgan fingerprint density at radius 3 is 1.43 bits per heavy atom. The maximum atomic E-state index is 12.1. The standard InChI is InChI=1S/C30H51NO4/c1-3-5-7-9-11-13-18-22-29(32)34-26-24-31(28-20-16-15-17-21-28)25-27-35-30(33)23-19-14-12-10-8-6-4-2/h15-17,20-21H,3-14,18-19,22-27H2,1-2H3. The van der Waals surface area contributed by atoms with Gasteiger partial charge >= 0.3 is 11.9 Å². The Hall–Kier alpha value is -2.04. The van der Waals surface area contributed by atoms with E-state index in [4.69, 9.17) is 9.47 Å². The van der Waals surface area contributed by atoms with Gasteiger partial charge in [0, 0.05) is 18.5 Å². The van der Waals surface area contributed by atoms with Crippen molar-refractivity contribution < 1.29 is 19.1 Å².